The van der Waals surface area contributed by atoms with Gasteiger partial charge in [0, 0.05) is 24.6 Å². The molecule has 0 aliphatic heterocycles. The van der Waals surface area contributed by atoms with Gasteiger partial charge < -0.3 is 10.2 Å². The van der Waals surface area contributed by atoms with Crippen LogP contribution in [0.15, 0.2) is 72.9 Å². The Morgan fingerprint density at radius 2 is 1.58 bits per heavy atom. The molecule has 6 heteroatoms. The predicted octanol–water partition coefficient (Wildman–Crippen LogP) is 3.70. The number of nitrogens with one attached hydrogen (secondary N) is 3. The molecule has 0 amide bonds. The summed E-state index contributed by atoms with van der Waals surface area (Å²) in [6.45, 7) is 0. The number of anilines is 4. The van der Waals surface area contributed by atoms with Crippen LogP contribution in [0.4, 0.5) is 23.1 Å². The summed E-state index contributed by atoms with van der Waals surface area (Å²) in [6, 6.07) is 21.3. The van der Waals surface area contributed by atoms with Crippen molar-refractivity contribution in [3.63, 3.8) is 0 Å². The first-order valence-corrected chi connectivity index (χ1v) is 7.52. The maximum Gasteiger partial charge on any atom is 0.231 e. The molecule has 0 bridgehead atoms. The van der Waals surface area contributed by atoms with Crippen LogP contribution < -0.4 is 15.5 Å². The van der Waals surface area contributed by atoms with Crippen molar-refractivity contribution in [2.75, 3.05) is 22.6 Å². The zero-order chi connectivity index (χ0) is 16.8. The van der Waals surface area contributed by atoms with Crippen LogP contribution in [0.2, 0.25) is 0 Å². The Bertz CT molecular complexity index is 804. The van der Waals surface area contributed by atoms with Crippen molar-refractivity contribution >= 4 is 29.1 Å². The third kappa shape index (κ3) is 3.86. The van der Waals surface area contributed by atoms with E-state index in [0.29, 0.717) is 5.95 Å². The molecule has 120 valence electrons. The zero-order valence-electron chi connectivity index (χ0n) is 13.3. The minimum atomic E-state index is 0.112. The molecule has 0 saturated carbocycles. The van der Waals surface area contributed by atoms with Crippen molar-refractivity contribution in [1.82, 2.24) is 9.97 Å². The highest BCUT2D eigenvalue weighted by atomic mass is 15.3. The second-order valence-corrected chi connectivity index (χ2v) is 5.12. The lowest BCUT2D eigenvalue weighted by atomic mass is 10.3. The topological polar surface area (TPSA) is 76.9 Å². The zero-order valence-corrected chi connectivity index (χ0v) is 13.3. The van der Waals surface area contributed by atoms with Crippen molar-refractivity contribution in [2.45, 2.75) is 0 Å². The van der Waals surface area contributed by atoms with Crippen LogP contribution in [0, 0.1) is 5.41 Å². The Morgan fingerprint density at radius 1 is 0.917 bits per heavy atom. The largest absolute Gasteiger partial charge is 0.329 e. The van der Waals surface area contributed by atoms with Gasteiger partial charge in [-0.15, -0.1) is 0 Å². The number of hydrogen-bond donors (Lipinski definition) is 3. The third-order valence-electron chi connectivity index (χ3n) is 3.41. The van der Waals surface area contributed by atoms with Crippen LogP contribution in [-0.4, -0.2) is 23.0 Å². The van der Waals surface area contributed by atoms with Gasteiger partial charge in [0.15, 0.2) is 5.96 Å². The lowest BCUT2D eigenvalue weighted by molar-refractivity contribution is 1.08. The second kappa shape index (κ2) is 7.23. The lowest BCUT2D eigenvalue weighted by Crippen LogP contribution is -2.22. The fourth-order valence-electron chi connectivity index (χ4n) is 2.19. The fraction of sp³-hybridized carbons (Fsp3) is 0.0556. The SMILES string of the molecule is CN(c1ccccc1)c1ccnc(NC(=N)Nc2ccccc2)n1. The molecule has 0 spiro atoms. The average Bonchev–Trinajstić information content (AvgIpc) is 2.63. The van der Waals surface area contributed by atoms with Crippen LogP contribution in [0.5, 0.6) is 0 Å². The second-order valence-electron chi connectivity index (χ2n) is 5.12. The van der Waals surface area contributed by atoms with E-state index in [2.05, 4.69) is 20.6 Å². The van der Waals surface area contributed by atoms with E-state index >= 15 is 0 Å². The Kier molecular flexibility index (Phi) is 4.67. The van der Waals surface area contributed by atoms with E-state index in [1.54, 1.807) is 6.20 Å². The molecule has 2 aromatic carbocycles. The molecule has 0 atom stereocenters. The first-order chi connectivity index (χ1) is 11.7. The van der Waals surface area contributed by atoms with Crippen LogP contribution >= 0.6 is 0 Å². The van der Waals surface area contributed by atoms with E-state index < -0.39 is 0 Å². The average molecular weight is 318 g/mol. The lowest BCUT2D eigenvalue weighted by Gasteiger charge is -2.18. The quantitative estimate of drug-likeness (QED) is 0.505. The van der Waals surface area contributed by atoms with Gasteiger partial charge in [-0.05, 0) is 30.3 Å². The van der Waals surface area contributed by atoms with Gasteiger partial charge in [-0.25, -0.2) is 4.98 Å². The van der Waals surface area contributed by atoms with Crippen LogP contribution in [0.3, 0.4) is 0 Å². The smallest absolute Gasteiger partial charge is 0.231 e. The monoisotopic (exact) mass is 318 g/mol. The van der Waals surface area contributed by atoms with Gasteiger partial charge in [-0.3, -0.25) is 10.7 Å². The highest BCUT2D eigenvalue weighted by Crippen LogP contribution is 2.21. The summed E-state index contributed by atoms with van der Waals surface area (Å²) >= 11 is 0. The molecule has 6 nitrogen and oxygen atoms in total. The fourth-order valence-corrected chi connectivity index (χ4v) is 2.19. The van der Waals surface area contributed by atoms with Crippen LogP contribution in [0.1, 0.15) is 0 Å². The summed E-state index contributed by atoms with van der Waals surface area (Å²) in [6.07, 6.45) is 1.67. The summed E-state index contributed by atoms with van der Waals surface area (Å²) < 4.78 is 0. The number of rotatable bonds is 4. The molecular formula is C18H18N6. The molecule has 0 fully saturated rings. The summed E-state index contributed by atoms with van der Waals surface area (Å²) in [4.78, 5) is 10.6. The molecule has 24 heavy (non-hydrogen) atoms. The Morgan fingerprint density at radius 3 is 2.29 bits per heavy atom. The molecule has 0 aliphatic rings. The number of nitrogens with zero attached hydrogens (tertiary/aromatic N) is 3. The van der Waals surface area contributed by atoms with Gasteiger partial charge in [0.1, 0.15) is 5.82 Å². The first-order valence-electron chi connectivity index (χ1n) is 7.52. The minimum Gasteiger partial charge on any atom is -0.329 e. The number of hydrogen-bond acceptors (Lipinski definition) is 4. The van der Waals surface area contributed by atoms with E-state index in [4.69, 9.17) is 5.41 Å². The standard InChI is InChI=1S/C18H18N6/c1-24(15-10-6-3-7-11-15)16-12-13-20-18(22-16)23-17(19)21-14-8-4-2-5-9-14/h2-13H,1H3,(H3,19,20,21,22,23). The number of para-hydroxylation sites is 2. The molecule has 0 saturated heterocycles. The minimum absolute atomic E-state index is 0.112. The summed E-state index contributed by atoms with van der Waals surface area (Å²) in [7, 11) is 1.94. The van der Waals surface area contributed by atoms with Gasteiger partial charge in [-0.1, -0.05) is 36.4 Å². The van der Waals surface area contributed by atoms with Crippen LogP contribution in [-0.2, 0) is 0 Å². The Hall–Kier alpha value is -3.41. The van der Waals surface area contributed by atoms with Crippen molar-refractivity contribution in [1.29, 1.82) is 5.41 Å². The summed E-state index contributed by atoms with van der Waals surface area (Å²) in [5.41, 5.74) is 1.85. The normalized spacial score (nSPS) is 10.0. The maximum absolute atomic E-state index is 7.99. The third-order valence-corrected chi connectivity index (χ3v) is 3.41. The van der Waals surface area contributed by atoms with Gasteiger partial charge in [0.2, 0.25) is 5.95 Å². The van der Waals surface area contributed by atoms with Crippen molar-refractivity contribution in [3.8, 4) is 0 Å². The molecule has 0 aliphatic carbocycles. The molecular weight excluding hydrogens is 300 g/mol. The molecule has 1 aromatic heterocycles. The van der Waals surface area contributed by atoms with E-state index in [9.17, 15) is 0 Å². The number of guanidine groups is 1. The van der Waals surface area contributed by atoms with Crippen molar-refractivity contribution in [3.05, 3.63) is 72.9 Å². The highest BCUT2D eigenvalue weighted by Gasteiger charge is 2.07. The van der Waals surface area contributed by atoms with Gasteiger partial charge in [0.25, 0.3) is 0 Å². The molecule has 1 heterocycles. The maximum atomic E-state index is 7.99. The molecule has 0 radical (unpaired) electrons. The highest BCUT2D eigenvalue weighted by molar-refractivity contribution is 6.00. The molecule has 0 unspecified atom stereocenters. The van der Waals surface area contributed by atoms with Gasteiger partial charge in [0.05, 0.1) is 0 Å². The Balaban J connectivity index is 1.70. The molecule has 3 aromatic rings. The number of aromatic nitrogens is 2. The van der Waals surface area contributed by atoms with Crippen LogP contribution in [0.25, 0.3) is 0 Å². The Labute approximate surface area is 140 Å². The molecule has 3 rings (SSSR count). The van der Waals surface area contributed by atoms with Crippen molar-refractivity contribution in [2.24, 2.45) is 0 Å². The van der Waals surface area contributed by atoms with E-state index in [1.807, 2.05) is 78.7 Å². The van der Waals surface area contributed by atoms with Gasteiger partial charge in [-0.2, -0.15) is 4.98 Å². The summed E-state index contributed by atoms with van der Waals surface area (Å²) in [5.74, 6) is 1.22. The van der Waals surface area contributed by atoms with Crippen molar-refractivity contribution < 1.29 is 0 Å². The molecule has 3 N–H and O–H groups in total. The van der Waals surface area contributed by atoms with E-state index in [-0.39, 0.29) is 5.96 Å². The first kappa shape index (κ1) is 15.5. The predicted molar refractivity (Wildman–Crippen MR) is 98.0 cm³/mol. The van der Waals surface area contributed by atoms with E-state index in [0.717, 1.165) is 17.2 Å². The van der Waals surface area contributed by atoms with Gasteiger partial charge >= 0.3 is 0 Å². The van der Waals surface area contributed by atoms with E-state index in [1.165, 1.54) is 0 Å². The summed E-state index contributed by atoms with van der Waals surface area (Å²) in [5, 5.41) is 13.8. The number of benzene rings is 2.